The highest BCUT2D eigenvalue weighted by Crippen LogP contribution is 2.37. The highest BCUT2D eigenvalue weighted by molar-refractivity contribution is 5.77. The summed E-state index contributed by atoms with van der Waals surface area (Å²) in [5.41, 5.74) is 0. The fourth-order valence-corrected chi connectivity index (χ4v) is 3.52. The molecule has 6 nitrogen and oxygen atoms in total. The van der Waals surface area contributed by atoms with Crippen molar-refractivity contribution in [1.29, 1.82) is 0 Å². The van der Waals surface area contributed by atoms with Crippen molar-refractivity contribution < 1.29 is 9.53 Å². The van der Waals surface area contributed by atoms with E-state index in [0.29, 0.717) is 29.6 Å². The van der Waals surface area contributed by atoms with Crippen LogP contribution in [0.4, 0.5) is 5.95 Å². The summed E-state index contributed by atoms with van der Waals surface area (Å²) in [6.07, 6.45) is 6.87. The summed E-state index contributed by atoms with van der Waals surface area (Å²) in [4.78, 5) is 22.6. The number of ether oxygens (including phenoxy) is 1. The van der Waals surface area contributed by atoms with Gasteiger partial charge in [0.05, 0.1) is 12.7 Å². The Morgan fingerprint density at radius 3 is 2.91 bits per heavy atom. The van der Waals surface area contributed by atoms with E-state index in [-0.39, 0.29) is 6.10 Å². The molecule has 1 aromatic heterocycles. The number of carbonyl (C=O) groups excluding carboxylic acids is 1. The summed E-state index contributed by atoms with van der Waals surface area (Å²) in [6, 6.07) is 1.81. The molecule has 1 amide bonds. The van der Waals surface area contributed by atoms with Gasteiger partial charge in [-0.2, -0.15) is 0 Å². The lowest BCUT2D eigenvalue weighted by atomic mass is 9.93. The number of rotatable bonds is 5. The van der Waals surface area contributed by atoms with Gasteiger partial charge in [-0.05, 0) is 24.8 Å². The largest absolute Gasteiger partial charge is 0.376 e. The first-order chi connectivity index (χ1) is 10.8. The molecule has 4 rings (SSSR count). The third kappa shape index (κ3) is 2.92. The minimum absolute atomic E-state index is 0.214. The summed E-state index contributed by atoms with van der Waals surface area (Å²) in [6.45, 7) is 3.18. The molecular weight excluding hydrogens is 280 g/mol. The minimum atomic E-state index is 0.214. The Morgan fingerprint density at radius 2 is 2.14 bits per heavy atom. The number of hydrogen-bond acceptors (Lipinski definition) is 5. The molecular formula is C16H22N4O2. The SMILES string of the molecule is O=C(CC1CC1)N1C[C@@H]2[C@H](CNc3ncccn3)CO[C@@H]2C1. The topological polar surface area (TPSA) is 67.4 Å². The van der Waals surface area contributed by atoms with E-state index in [1.807, 2.05) is 4.90 Å². The lowest BCUT2D eigenvalue weighted by Crippen LogP contribution is -2.32. The van der Waals surface area contributed by atoms with E-state index in [1.165, 1.54) is 12.8 Å². The van der Waals surface area contributed by atoms with Crippen LogP contribution in [0.25, 0.3) is 0 Å². The fourth-order valence-electron chi connectivity index (χ4n) is 3.52. The summed E-state index contributed by atoms with van der Waals surface area (Å²) in [5, 5.41) is 3.28. The summed E-state index contributed by atoms with van der Waals surface area (Å²) >= 11 is 0. The first-order valence-electron chi connectivity index (χ1n) is 8.20. The number of aromatic nitrogens is 2. The van der Waals surface area contributed by atoms with Crippen molar-refractivity contribution in [1.82, 2.24) is 14.9 Å². The van der Waals surface area contributed by atoms with E-state index in [4.69, 9.17) is 4.74 Å². The van der Waals surface area contributed by atoms with Crippen LogP contribution in [-0.2, 0) is 9.53 Å². The van der Waals surface area contributed by atoms with Crippen LogP contribution in [0.1, 0.15) is 19.3 Å². The molecule has 0 bridgehead atoms. The molecule has 22 heavy (non-hydrogen) atoms. The standard InChI is InChI=1S/C16H22N4O2/c21-15(6-11-2-3-11)20-8-13-12(10-22-14(13)9-20)7-19-16-17-4-1-5-18-16/h1,4-5,11-14H,2-3,6-10H2,(H,17,18,19)/t12-,13-,14-/m1/s1. The maximum atomic E-state index is 12.2. The van der Waals surface area contributed by atoms with E-state index in [0.717, 1.165) is 32.7 Å². The predicted molar refractivity (Wildman–Crippen MR) is 81.2 cm³/mol. The molecule has 6 heteroatoms. The predicted octanol–water partition coefficient (Wildman–Crippen LogP) is 1.16. The second-order valence-electron chi connectivity index (χ2n) is 6.70. The number of hydrogen-bond donors (Lipinski definition) is 1. The molecule has 1 aliphatic carbocycles. The fraction of sp³-hybridized carbons (Fsp3) is 0.688. The molecule has 0 unspecified atom stereocenters. The van der Waals surface area contributed by atoms with Crippen LogP contribution in [0, 0.1) is 17.8 Å². The van der Waals surface area contributed by atoms with Crippen molar-refractivity contribution in [2.75, 3.05) is 31.6 Å². The molecule has 0 radical (unpaired) electrons. The van der Waals surface area contributed by atoms with Gasteiger partial charge in [0.1, 0.15) is 0 Å². The van der Waals surface area contributed by atoms with Gasteiger partial charge in [-0.15, -0.1) is 0 Å². The minimum Gasteiger partial charge on any atom is -0.376 e. The van der Waals surface area contributed by atoms with Crippen molar-refractivity contribution in [3.05, 3.63) is 18.5 Å². The normalized spacial score (nSPS) is 30.4. The maximum Gasteiger partial charge on any atom is 0.222 e. The average Bonchev–Trinajstić information content (AvgIpc) is 3.11. The second kappa shape index (κ2) is 5.83. The molecule has 0 aromatic carbocycles. The molecule has 2 saturated heterocycles. The summed E-state index contributed by atoms with van der Waals surface area (Å²) < 4.78 is 5.90. The summed E-state index contributed by atoms with van der Waals surface area (Å²) in [7, 11) is 0. The van der Waals surface area contributed by atoms with Crippen LogP contribution in [0.5, 0.6) is 0 Å². The Kier molecular flexibility index (Phi) is 3.70. The van der Waals surface area contributed by atoms with Gasteiger partial charge in [-0.3, -0.25) is 4.79 Å². The van der Waals surface area contributed by atoms with Crippen LogP contribution < -0.4 is 5.32 Å². The van der Waals surface area contributed by atoms with Gasteiger partial charge < -0.3 is 15.0 Å². The molecule has 2 aliphatic heterocycles. The molecule has 3 heterocycles. The van der Waals surface area contributed by atoms with E-state index in [2.05, 4.69) is 15.3 Å². The molecule has 3 aliphatic rings. The number of anilines is 1. The van der Waals surface area contributed by atoms with Crippen molar-refractivity contribution >= 4 is 11.9 Å². The highest BCUT2D eigenvalue weighted by atomic mass is 16.5. The monoisotopic (exact) mass is 302 g/mol. The number of carbonyl (C=O) groups is 1. The Bertz CT molecular complexity index is 534. The van der Waals surface area contributed by atoms with Crippen molar-refractivity contribution in [2.24, 2.45) is 17.8 Å². The highest BCUT2D eigenvalue weighted by Gasteiger charge is 2.45. The van der Waals surface area contributed by atoms with Gasteiger partial charge in [0, 0.05) is 50.3 Å². The third-order valence-electron chi connectivity index (χ3n) is 5.04. The van der Waals surface area contributed by atoms with Crippen LogP contribution >= 0.6 is 0 Å². The Hall–Kier alpha value is -1.69. The number of nitrogens with one attached hydrogen (secondary N) is 1. The molecule has 1 N–H and O–H groups in total. The van der Waals surface area contributed by atoms with E-state index < -0.39 is 0 Å². The van der Waals surface area contributed by atoms with Crippen LogP contribution in [0.3, 0.4) is 0 Å². The first kappa shape index (κ1) is 13.9. The zero-order valence-corrected chi connectivity index (χ0v) is 12.6. The molecule has 3 atom stereocenters. The first-order valence-corrected chi connectivity index (χ1v) is 8.20. The van der Waals surface area contributed by atoms with Crippen LogP contribution in [-0.4, -0.2) is 53.1 Å². The van der Waals surface area contributed by atoms with Crippen LogP contribution in [0.2, 0.25) is 0 Å². The number of likely N-dealkylation sites (tertiary alicyclic amines) is 1. The third-order valence-corrected chi connectivity index (χ3v) is 5.04. The Labute approximate surface area is 130 Å². The maximum absolute atomic E-state index is 12.2. The average molecular weight is 302 g/mol. The smallest absolute Gasteiger partial charge is 0.222 e. The van der Waals surface area contributed by atoms with Gasteiger partial charge in [-0.1, -0.05) is 0 Å². The van der Waals surface area contributed by atoms with E-state index in [1.54, 1.807) is 18.5 Å². The van der Waals surface area contributed by atoms with Gasteiger partial charge in [0.25, 0.3) is 0 Å². The molecule has 3 fully saturated rings. The van der Waals surface area contributed by atoms with Crippen molar-refractivity contribution in [2.45, 2.75) is 25.4 Å². The molecule has 1 saturated carbocycles. The van der Waals surface area contributed by atoms with Crippen molar-refractivity contribution in [3.8, 4) is 0 Å². The Morgan fingerprint density at radius 1 is 1.32 bits per heavy atom. The lowest BCUT2D eigenvalue weighted by Gasteiger charge is -2.20. The number of fused-ring (bicyclic) bond motifs is 1. The quantitative estimate of drug-likeness (QED) is 0.884. The zero-order valence-electron chi connectivity index (χ0n) is 12.6. The van der Waals surface area contributed by atoms with E-state index >= 15 is 0 Å². The number of amides is 1. The van der Waals surface area contributed by atoms with E-state index in [9.17, 15) is 4.79 Å². The molecule has 1 aromatic rings. The zero-order chi connectivity index (χ0) is 14.9. The molecule has 0 spiro atoms. The second-order valence-corrected chi connectivity index (χ2v) is 6.70. The van der Waals surface area contributed by atoms with Crippen molar-refractivity contribution in [3.63, 3.8) is 0 Å². The van der Waals surface area contributed by atoms with Gasteiger partial charge in [0.15, 0.2) is 0 Å². The number of nitrogens with zero attached hydrogens (tertiary/aromatic N) is 3. The van der Waals surface area contributed by atoms with Gasteiger partial charge in [-0.25, -0.2) is 9.97 Å². The van der Waals surface area contributed by atoms with Gasteiger partial charge >= 0.3 is 0 Å². The summed E-state index contributed by atoms with van der Waals surface area (Å²) in [5.74, 6) is 2.50. The molecule has 118 valence electrons. The van der Waals surface area contributed by atoms with Crippen LogP contribution in [0.15, 0.2) is 18.5 Å². The Balaban J connectivity index is 1.31. The lowest BCUT2D eigenvalue weighted by molar-refractivity contribution is -0.131. The van der Waals surface area contributed by atoms with Gasteiger partial charge in [0.2, 0.25) is 11.9 Å².